The van der Waals surface area contributed by atoms with Crippen molar-refractivity contribution in [3.8, 4) is 5.75 Å². The molecule has 2 aromatic carbocycles. The van der Waals surface area contributed by atoms with Gasteiger partial charge in [-0.2, -0.15) is 0 Å². The quantitative estimate of drug-likeness (QED) is 0.739. The first-order chi connectivity index (χ1) is 11.2. The highest BCUT2D eigenvalue weighted by molar-refractivity contribution is 6.21. The minimum atomic E-state index is -0.333. The number of pyridine rings is 1. The number of hydrogen-bond acceptors (Lipinski definition) is 4. The Labute approximate surface area is 131 Å². The Hall–Kier alpha value is -3.21. The fourth-order valence-electron chi connectivity index (χ4n) is 2.88. The molecule has 1 aliphatic heterocycles. The predicted octanol–water partition coefficient (Wildman–Crippen LogP) is 2.74. The zero-order valence-corrected chi connectivity index (χ0v) is 12.1. The van der Waals surface area contributed by atoms with Gasteiger partial charge in [-0.3, -0.25) is 19.5 Å². The van der Waals surface area contributed by atoms with Gasteiger partial charge in [-0.25, -0.2) is 0 Å². The molecule has 0 spiro atoms. The van der Waals surface area contributed by atoms with E-state index in [-0.39, 0.29) is 24.1 Å². The average molecular weight is 304 g/mol. The predicted molar refractivity (Wildman–Crippen MR) is 84.1 cm³/mol. The highest BCUT2D eigenvalue weighted by Crippen LogP contribution is 2.31. The Balaban J connectivity index is 1.74. The van der Waals surface area contributed by atoms with Crippen LogP contribution < -0.4 is 0 Å². The molecule has 0 bridgehead atoms. The lowest BCUT2D eigenvalue weighted by molar-refractivity contribution is 0.0641. The van der Waals surface area contributed by atoms with Crippen molar-refractivity contribution in [2.75, 3.05) is 0 Å². The van der Waals surface area contributed by atoms with E-state index in [2.05, 4.69) is 4.98 Å². The maximum absolute atomic E-state index is 12.4. The second-order valence-electron chi connectivity index (χ2n) is 5.41. The molecule has 0 unspecified atom stereocenters. The lowest BCUT2D eigenvalue weighted by atomic mass is 10.1. The van der Waals surface area contributed by atoms with Crippen LogP contribution in [0.15, 0.2) is 54.9 Å². The topological polar surface area (TPSA) is 70.5 Å². The number of nitrogens with zero attached hydrogens (tertiary/aromatic N) is 2. The summed E-state index contributed by atoms with van der Waals surface area (Å²) in [4.78, 5) is 30.0. The number of benzene rings is 2. The minimum absolute atomic E-state index is 0.0381. The molecule has 23 heavy (non-hydrogen) atoms. The van der Waals surface area contributed by atoms with Crippen LogP contribution in [0, 0.1) is 0 Å². The van der Waals surface area contributed by atoms with Crippen molar-refractivity contribution in [1.82, 2.24) is 9.88 Å². The highest BCUT2D eigenvalue weighted by atomic mass is 16.3. The molecular formula is C18H12N2O3. The number of hydrogen-bond donors (Lipinski definition) is 1. The molecule has 3 aromatic rings. The van der Waals surface area contributed by atoms with Crippen LogP contribution in [0.2, 0.25) is 0 Å². The normalized spacial score (nSPS) is 13.7. The number of fused-ring (bicyclic) bond motifs is 2. The molecular weight excluding hydrogens is 292 g/mol. The van der Waals surface area contributed by atoms with Crippen molar-refractivity contribution < 1.29 is 14.7 Å². The Morgan fingerprint density at radius 3 is 2.35 bits per heavy atom. The average Bonchev–Trinajstić information content (AvgIpc) is 2.83. The lowest BCUT2D eigenvalue weighted by Gasteiger charge is -2.15. The Kier molecular flexibility index (Phi) is 2.87. The summed E-state index contributed by atoms with van der Waals surface area (Å²) in [6, 6.07) is 12.0. The number of amides is 2. The van der Waals surface area contributed by atoms with Gasteiger partial charge < -0.3 is 5.11 Å². The molecule has 2 amide bonds. The number of phenolic OH excluding ortho intramolecular Hbond substituents is 1. The van der Waals surface area contributed by atoms with E-state index in [1.54, 1.807) is 48.8 Å². The Morgan fingerprint density at radius 1 is 0.957 bits per heavy atom. The molecule has 5 heteroatoms. The summed E-state index contributed by atoms with van der Waals surface area (Å²) in [5.74, 6) is -0.596. The van der Waals surface area contributed by atoms with E-state index in [4.69, 9.17) is 0 Å². The van der Waals surface area contributed by atoms with Gasteiger partial charge in [0.1, 0.15) is 5.75 Å². The molecule has 2 heterocycles. The summed E-state index contributed by atoms with van der Waals surface area (Å²) in [5, 5.41) is 11.9. The molecule has 1 aliphatic rings. The van der Waals surface area contributed by atoms with E-state index in [0.717, 1.165) is 10.3 Å². The van der Waals surface area contributed by atoms with Crippen LogP contribution in [0.25, 0.3) is 10.8 Å². The van der Waals surface area contributed by atoms with Gasteiger partial charge in [-0.05, 0) is 18.2 Å². The first kappa shape index (κ1) is 13.5. The molecule has 112 valence electrons. The fourth-order valence-corrected chi connectivity index (χ4v) is 2.88. The number of aromatic nitrogens is 1. The van der Waals surface area contributed by atoms with Crippen molar-refractivity contribution >= 4 is 22.6 Å². The maximum Gasteiger partial charge on any atom is 0.261 e. The number of aromatic hydroxyl groups is 1. The standard InChI is InChI=1S/C18H12N2O3/c21-16-12(6-5-11-9-19-8-7-13(11)16)10-20-17(22)14-3-1-2-4-15(14)18(20)23/h1-9,21H,10H2. The van der Waals surface area contributed by atoms with E-state index in [9.17, 15) is 14.7 Å². The monoisotopic (exact) mass is 304 g/mol. The molecule has 0 aliphatic carbocycles. The van der Waals surface area contributed by atoms with Gasteiger partial charge in [0.05, 0.1) is 17.7 Å². The van der Waals surface area contributed by atoms with Crippen molar-refractivity contribution in [1.29, 1.82) is 0 Å². The van der Waals surface area contributed by atoms with Crippen LogP contribution in [0.4, 0.5) is 0 Å². The molecule has 0 atom stereocenters. The van der Waals surface area contributed by atoms with Crippen molar-refractivity contribution in [3.05, 3.63) is 71.5 Å². The summed E-state index contributed by atoms with van der Waals surface area (Å²) in [6.45, 7) is 0.0381. The summed E-state index contributed by atoms with van der Waals surface area (Å²) < 4.78 is 0. The van der Waals surface area contributed by atoms with Gasteiger partial charge in [0.15, 0.2) is 0 Å². The van der Waals surface area contributed by atoms with Gasteiger partial charge in [0, 0.05) is 28.7 Å². The maximum atomic E-state index is 12.4. The van der Waals surface area contributed by atoms with Crippen molar-refractivity contribution in [3.63, 3.8) is 0 Å². The van der Waals surface area contributed by atoms with E-state index in [1.165, 1.54) is 0 Å². The zero-order valence-electron chi connectivity index (χ0n) is 12.1. The zero-order chi connectivity index (χ0) is 16.0. The summed E-state index contributed by atoms with van der Waals surface area (Å²) in [6.07, 6.45) is 3.24. The number of rotatable bonds is 2. The second kappa shape index (κ2) is 4.91. The fraction of sp³-hybridized carbons (Fsp3) is 0.0556. The highest BCUT2D eigenvalue weighted by Gasteiger charge is 2.35. The summed E-state index contributed by atoms with van der Waals surface area (Å²) >= 11 is 0. The summed E-state index contributed by atoms with van der Waals surface area (Å²) in [5.41, 5.74) is 1.34. The van der Waals surface area contributed by atoms with E-state index >= 15 is 0 Å². The van der Waals surface area contributed by atoms with Crippen LogP contribution >= 0.6 is 0 Å². The smallest absolute Gasteiger partial charge is 0.261 e. The van der Waals surface area contributed by atoms with Crippen LogP contribution in [-0.4, -0.2) is 26.8 Å². The molecule has 5 nitrogen and oxygen atoms in total. The Bertz CT molecular complexity index is 930. The third-order valence-corrected chi connectivity index (χ3v) is 4.08. The molecule has 1 N–H and O–H groups in total. The number of imide groups is 1. The van der Waals surface area contributed by atoms with Crippen LogP contribution in [0.3, 0.4) is 0 Å². The van der Waals surface area contributed by atoms with Gasteiger partial charge in [0.2, 0.25) is 0 Å². The second-order valence-corrected chi connectivity index (χ2v) is 5.41. The van der Waals surface area contributed by atoms with Gasteiger partial charge in [-0.1, -0.05) is 24.3 Å². The minimum Gasteiger partial charge on any atom is -0.507 e. The lowest BCUT2D eigenvalue weighted by Crippen LogP contribution is -2.29. The SMILES string of the molecule is O=C1c2ccccc2C(=O)N1Cc1ccc2cnccc2c1O. The van der Waals surface area contributed by atoms with Crippen LogP contribution in [0.5, 0.6) is 5.75 Å². The van der Waals surface area contributed by atoms with Gasteiger partial charge >= 0.3 is 0 Å². The molecule has 0 saturated heterocycles. The Morgan fingerprint density at radius 2 is 1.65 bits per heavy atom. The van der Waals surface area contributed by atoms with E-state index in [0.29, 0.717) is 22.1 Å². The molecule has 0 radical (unpaired) electrons. The largest absolute Gasteiger partial charge is 0.507 e. The van der Waals surface area contributed by atoms with Crippen LogP contribution in [-0.2, 0) is 6.54 Å². The first-order valence-corrected chi connectivity index (χ1v) is 7.16. The molecule has 0 saturated carbocycles. The summed E-state index contributed by atoms with van der Waals surface area (Å²) in [7, 11) is 0. The van der Waals surface area contributed by atoms with Crippen LogP contribution in [0.1, 0.15) is 26.3 Å². The van der Waals surface area contributed by atoms with E-state index in [1.807, 2.05) is 6.07 Å². The van der Waals surface area contributed by atoms with E-state index < -0.39 is 0 Å². The third kappa shape index (κ3) is 1.97. The molecule has 4 rings (SSSR count). The van der Waals surface area contributed by atoms with Gasteiger partial charge in [-0.15, -0.1) is 0 Å². The molecule has 0 fully saturated rings. The number of phenols is 1. The van der Waals surface area contributed by atoms with Gasteiger partial charge in [0.25, 0.3) is 11.8 Å². The van der Waals surface area contributed by atoms with Crippen molar-refractivity contribution in [2.24, 2.45) is 0 Å². The number of carbonyl (C=O) groups excluding carboxylic acids is 2. The first-order valence-electron chi connectivity index (χ1n) is 7.16. The van der Waals surface area contributed by atoms with Crippen molar-refractivity contribution in [2.45, 2.75) is 6.54 Å². The molecule has 1 aromatic heterocycles. The third-order valence-electron chi connectivity index (χ3n) is 4.08. The number of carbonyl (C=O) groups is 2.